The molecule has 1 aliphatic rings. The molecule has 0 aromatic heterocycles. The van der Waals surface area contributed by atoms with E-state index in [0.29, 0.717) is 13.0 Å². The number of benzene rings is 1. The molecule has 4 nitrogen and oxygen atoms in total. The number of nitrogens with zero attached hydrogens (tertiary/aromatic N) is 1. The van der Waals surface area contributed by atoms with E-state index in [9.17, 15) is 18.4 Å². The molecule has 1 N–H and O–H groups in total. The maximum Gasteiger partial charge on any atom is 0.305 e. The van der Waals surface area contributed by atoms with Crippen molar-refractivity contribution in [2.45, 2.75) is 31.7 Å². The summed E-state index contributed by atoms with van der Waals surface area (Å²) in [6.45, 7) is 0.486. The van der Waals surface area contributed by atoms with E-state index in [2.05, 4.69) is 0 Å². The van der Waals surface area contributed by atoms with Crippen LogP contribution < -0.4 is 0 Å². The van der Waals surface area contributed by atoms with E-state index in [4.69, 9.17) is 5.11 Å². The van der Waals surface area contributed by atoms with Crippen molar-refractivity contribution < 1.29 is 23.5 Å². The van der Waals surface area contributed by atoms with E-state index in [1.807, 2.05) is 0 Å². The van der Waals surface area contributed by atoms with Crippen LogP contribution in [0.4, 0.5) is 8.78 Å². The molecule has 1 atom stereocenters. The van der Waals surface area contributed by atoms with Gasteiger partial charge in [0.2, 0.25) is 5.91 Å². The van der Waals surface area contributed by atoms with Gasteiger partial charge < -0.3 is 10.0 Å². The molecule has 1 aromatic rings. The maximum absolute atomic E-state index is 13.5. The monoisotopic (exact) mass is 283 g/mol. The number of likely N-dealkylation sites (tertiary alicyclic amines) is 1. The third kappa shape index (κ3) is 3.31. The van der Waals surface area contributed by atoms with Crippen LogP contribution in [0.25, 0.3) is 0 Å². The van der Waals surface area contributed by atoms with Crippen LogP contribution in [0, 0.1) is 11.6 Å². The first-order valence-corrected chi connectivity index (χ1v) is 6.42. The van der Waals surface area contributed by atoms with E-state index in [1.54, 1.807) is 0 Å². The molecule has 6 heteroatoms. The van der Waals surface area contributed by atoms with Crippen LogP contribution >= 0.6 is 0 Å². The number of amides is 1. The lowest BCUT2D eigenvalue weighted by molar-refractivity contribution is -0.139. The van der Waals surface area contributed by atoms with Gasteiger partial charge in [0.15, 0.2) is 0 Å². The third-order valence-corrected chi connectivity index (χ3v) is 3.46. The summed E-state index contributed by atoms with van der Waals surface area (Å²) >= 11 is 0. The zero-order valence-corrected chi connectivity index (χ0v) is 10.8. The van der Waals surface area contributed by atoms with Crippen LogP contribution in [0.3, 0.4) is 0 Å². The molecule has 0 spiro atoms. The van der Waals surface area contributed by atoms with E-state index in [1.165, 1.54) is 11.0 Å². The summed E-state index contributed by atoms with van der Waals surface area (Å²) < 4.78 is 26.3. The van der Waals surface area contributed by atoms with Crippen LogP contribution in [0.15, 0.2) is 18.2 Å². The van der Waals surface area contributed by atoms with Crippen molar-refractivity contribution in [2.24, 2.45) is 0 Å². The first-order chi connectivity index (χ1) is 9.47. The van der Waals surface area contributed by atoms with Crippen molar-refractivity contribution in [3.05, 3.63) is 35.4 Å². The van der Waals surface area contributed by atoms with Gasteiger partial charge in [0.1, 0.15) is 11.6 Å². The smallest absolute Gasteiger partial charge is 0.305 e. The molecule has 0 saturated carbocycles. The third-order valence-electron chi connectivity index (χ3n) is 3.46. The number of carboxylic acids is 1. The highest BCUT2D eigenvalue weighted by atomic mass is 19.1. The number of carbonyl (C=O) groups excluding carboxylic acids is 1. The zero-order valence-electron chi connectivity index (χ0n) is 10.8. The summed E-state index contributed by atoms with van der Waals surface area (Å²) in [5.74, 6) is -2.72. The van der Waals surface area contributed by atoms with Gasteiger partial charge in [-0.3, -0.25) is 9.59 Å². The highest BCUT2D eigenvalue weighted by molar-refractivity contribution is 5.80. The first kappa shape index (κ1) is 14.4. The molecule has 1 amide bonds. The van der Waals surface area contributed by atoms with Gasteiger partial charge in [-0.2, -0.15) is 0 Å². The second kappa shape index (κ2) is 5.98. The fourth-order valence-corrected chi connectivity index (χ4v) is 2.51. The topological polar surface area (TPSA) is 57.6 Å². The summed E-state index contributed by atoms with van der Waals surface area (Å²) in [6.07, 6.45) is 1.11. The van der Waals surface area contributed by atoms with E-state index in [0.717, 1.165) is 18.6 Å². The minimum atomic E-state index is -0.956. The molecule has 1 heterocycles. The van der Waals surface area contributed by atoms with Gasteiger partial charge in [-0.05, 0) is 24.5 Å². The first-order valence-electron chi connectivity index (χ1n) is 6.42. The molecule has 1 aromatic carbocycles. The van der Waals surface area contributed by atoms with Gasteiger partial charge in [-0.15, -0.1) is 0 Å². The van der Waals surface area contributed by atoms with Gasteiger partial charge in [-0.1, -0.05) is 6.07 Å². The lowest BCUT2D eigenvalue weighted by Crippen LogP contribution is -2.37. The average Bonchev–Trinajstić information content (AvgIpc) is 2.80. The SMILES string of the molecule is O=C(O)CC1CCCN1C(=O)Cc1ccc(F)cc1F. The summed E-state index contributed by atoms with van der Waals surface area (Å²) in [5, 5.41) is 8.80. The number of halogens is 2. The minimum absolute atomic E-state index is 0.0996. The predicted molar refractivity (Wildman–Crippen MR) is 67.0 cm³/mol. The lowest BCUT2D eigenvalue weighted by Gasteiger charge is -2.23. The van der Waals surface area contributed by atoms with Gasteiger partial charge in [0.25, 0.3) is 0 Å². The molecule has 0 radical (unpaired) electrons. The Labute approximate surface area is 115 Å². The Morgan fingerprint density at radius 3 is 2.75 bits per heavy atom. The fraction of sp³-hybridized carbons (Fsp3) is 0.429. The van der Waals surface area contributed by atoms with Crippen LogP contribution in [-0.2, 0) is 16.0 Å². The van der Waals surface area contributed by atoms with Gasteiger partial charge in [0, 0.05) is 18.7 Å². The molecule has 0 bridgehead atoms. The van der Waals surface area contributed by atoms with E-state index < -0.39 is 17.6 Å². The summed E-state index contributed by atoms with van der Waals surface area (Å²) in [4.78, 5) is 24.3. The Kier molecular flexibility index (Phi) is 4.32. The second-order valence-electron chi connectivity index (χ2n) is 4.89. The summed E-state index contributed by atoms with van der Waals surface area (Å²) in [7, 11) is 0. The maximum atomic E-state index is 13.5. The van der Waals surface area contributed by atoms with Crippen molar-refractivity contribution in [1.29, 1.82) is 0 Å². The van der Waals surface area contributed by atoms with Gasteiger partial charge >= 0.3 is 5.97 Å². The van der Waals surface area contributed by atoms with E-state index in [-0.39, 0.29) is 30.4 Å². The second-order valence-corrected chi connectivity index (χ2v) is 4.89. The highest BCUT2D eigenvalue weighted by Crippen LogP contribution is 2.22. The largest absolute Gasteiger partial charge is 0.481 e. The van der Waals surface area contributed by atoms with Crippen molar-refractivity contribution >= 4 is 11.9 Å². The quantitative estimate of drug-likeness (QED) is 0.919. The van der Waals surface area contributed by atoms with Crippen LogP contribution in [-0.4, -0.2) is 34.5 Å². The number of rotatable bonds is 4. The molecule has 1 saturated heterocycles. The predicted octanol–water partition coefficient (Wildman–Crippen LogP) is 1.97. The molecule has 1 fully saturated rings. The average molecular weight is 283 g/mol. The molecule has 20 heavy (non-hydrogen) atoms. The number of carbonyl (C=O) groups is 2. The molecule has 1 aliphatic heterocycles. The van der Waals surface area contributed by atoms with Crippen molar-refractivity contribution in [3.8, 4) is 0 Å². The van der Waals surface area contributed by atoms with E-state index >= 15 is 0 Å². The number of carboxylic acid groups (broad SMARTS) is 1. The molecular weight excluding hydrogens is 268 g/mol. The highest BCUT2D eigenvalue weighted by Gasteiger charge is 2.30. The normalized spacial score (nSPS) is 18.3. The van der Waals surface area contributed by atoms with Gasteiger partial charge in [0.05, 0.1) is 12.8 Å². The number of aliphatic carboxylic acids is 1. The number of hydrogen-bond donors (Lipinski definition) is 1. The Morgan fingerprint density at radius 2 is 2.10 bits per heavy atom. The molecule has 2 rings (SSSR count). The number of hydrogen-bond acceptors (Lipinski definition) is 2. The summed E-state index contributed by atoms with van der Waals surface area (Å²) in [6, 6.07) is 2.75. The minimum Gasteiger partial charge on any atom is -0.481 e. The van der Waals surface area contributed by atoms with Crippen molar-refractivity contribution in [3.63, 3.8) is 0 Å². The molecule has 0 aliphatic carbocycles. The van der Waals surface area contributed by atoms with Crippen LogP contribution in [0.5, 0.6) is 0 Å². The summed E-state index contributed by atoms with van der Waals surface area (Å²) in [5.41, 5.74) is 0.123. The zero-order chi connectivity index (χ0) is 14.7. The Morgan fingerprint density at radius 1 is 1.35 bits per heavy atom. The molecular formula is C14H15F2NO3. The van der Waals surface area contributed by atoms with Crippen molar-refractivity contribution in [1.82, 2.24) is 4.90 Å². The van der Waals surface area contributed by atoms with Crippen LogP contribution in [0.2, 0.25) is 0 Å². The van der Waals surface area contributed by atoms with Crippen LogP contribution in [0.1, 0.15) is 24.8 Å². The van der Waals surface area contributed by atoms with Crippen molar-refractivity contribution in [2.75, 3.05) is 6.54 Å². The lowest BCUT2D eigenvalue weighted by atomic mass is 10.1. The van der Waals surface area contributed by atoms with Gasteiger partial charge in [-0.25, -0.2) is 8.78 Å². The Balaban J connectivity index is 2.05. The Bertz CT molecular complexity index is 533. The standard InChI is InChI=1S/C14H15F2NO3/c15-10-4-3-9(12(16)7-10)6-13(18)17-5-1-2-11(17)8-14(19)20/h3-4,7,11H,1-2,5-6,8H2,(H,19,20). The molecule has 1 unspecified atom stereocenters. The fourth-order valence-electron chi connectivity index (χ4n) is 2.51. The Hall–Kier alpha value is -1.98. The molecule has 108 valence electrons.